The van der Waals surface area contributed by atoms with Crippen LogP contribution in [0.15, 0.2) is 158 Å². The molecule has 2 atom stereocenters. The van der Waals surface area contributed by atoms with E-state index < -0.39 is 42.8 Å². The van der Waals surface area contributed by atoms with Crippen LogP contribution in [0.3, 0.4) is 0 Å². The molecule has 0 aliphatic carbocycles. The molecular formula is C58H70O13. The molecule has 0 radical (unpaired) electrons. The molecule has 6 aromatic carbocycles. The number of benzene rings is 6. The number of aliphatic hydroxyl groups is 4. The number of rotatable bonds is 14. The summed E-state index contributed by atoms with van der Waals surface area (Å²) in [7, 11) is 3.01. The van der Waals surface area contributed by atoms with Gasteiger partial charge in [-0.3, -0.25) is 19.2 Å². The number of hydrogen-bond acceptors (Lipinski definition) is 13. The minimum atomic E-state index is -1.01. The average Bonchev–Trinajstić information content (AvgIpc) is 3.36. The highest BCUT2D eigenvalue weighted by Crippen LogP contribution is 2.37. The SMILES string of the molecule is CC(=O)Oc1ccc(C(C)(C)c2ccc(OC(C)=O)c(CC(O)CO)c2)cc1CC(O)CO.COC(C)=O.COc1ccc(C(C)(C)c2ccc(OC(C)=O)cc2)cc1.c1ccccc1.c1ccccc1. The van der Waals surface area contributed by atoms with Crippen LogP contribution in [-0.4, -0.2) is 83.9 Å². The van der Waals surface area contributed by atoms with Gasteiger partial charge in [0, 0.05) is 51.4 Å². The van der Waals surface area contributed by atoms with Crippen molar-refractivity contribution in [3.8, 4) is 23.0 Å². The lowest BCUT2D eigenvalue weighted by Crippen LogP contribution is -2.22. The van der Waals surface area contributed by atoms with Crippen molar-refractivity contribution in [1.29, 1.82) is 0 Å². The maximum absolute atomic E-state index is 11.5. The third kappa shape index (κ3) is 22.0. The van der Waals surface area contributed by atoms with Crippen LogP contribution in [0.4, 0.5) is 0 Å². The second-order valence-electron chi connectivity index (χ2n) is 17.0. The van der Waals surface area contributed by atoms with E-state index in [-0.39, 0.29) is 30.2 Å². The van der Waals surface area contributed by atoms with Gasteiger partial charge in [-0.05, 0) is 69.8 Å². The third-order valence-electron chi connectivity index (χ3n) is 10.7. The molecule has 0 bridgehead atoms. The van der Waals surface area contributed by atoms with E-state index in [2.05, 4.69) is 30.7 Å². The fraction of sp³-hybridized carbons (Fsp3) is 0.310. The molecule has 71 heavy (non-hydrogen) atoms. The highest BCUT2D eigenvalue weighted by molar-refractivity contribution is 5.71. The first-order valence-corrected chi connectivity index (χ1v) is 22.9. The van der Waals surface area contributed by atoms with Crippen LogP contribution in [0.2, 0.25) is 0 Å². The van der Waals surface area contributed by atoms with Gasteiger partial charge in [0.1, 0.15) is 23.0 Å². The number of esters is 4. The van der Waals surface area contributed by atoms with Gasteiger partial charge in [-0.15, -0.1) is 0 Å². The van der Waals surface area contributed by atoms with Crippen LogP contribution in [0.5, 0.6) is 23.0 Å². The van der Waals surface area contributed by atoms with Crippen molar-refractivity contribution < 1.29 is 63.3 Å². The summed E-state index contributed by atoms with van der Waals surface area (Å²) >= 11 is 0. The van der Waals surface area contributed by atoms with Gasteiger partial charge in [0.25, 0.3) is 0 Å². The monoisotopic (exact) mass is 974 g/mol. The van der Waals surface area contributed by atoms with Gasteiger partial charge in [0.05, 0.1) is 39.6 Å². The predicted molar refractivity (Wildman–Crippen MR) is 275 cm³/mol. The molecule has 0 aliphatic rings. The van der Waals surface area contributed by atoms with E-state index in [0.717, 1.165) is 22.4 Å². The van der Waals surface area contributed by atoms with E-state index in [1.54, 1.807) is 19.2 Å². The Morgan fingerprint density at radius 3 is 0.986 bits per heavy atom. The zero-order valence-corrected chi connectivity index (χ0v) is 42.5. The first-order chi connectivity index (χ1) is 33.7. The van der Waals surface area contributed by atoms with Gasteiger partial charge in [0.2, 0.25) is 0 Å². The fourth-order valence-corrected chi connectivity index (χ4v) is 6.62. The molecular weight excluding hydrogens is 905 g/mol. The summed E-state index contributed by atoms with van der Waals surface area (Å²) in [6.45, 7) is 12.8. The topological polar surface area (TPSA) is 195 Å². The van der Waals surface area contributed by atoms with Crippen LogP contribution >= 0.6 is 0 Å². The van der Waals surface area contributed by atoms with E-state index in [0.29, 0.717) is 28.4 Å². The van der Waals surface area contributed by atoms with E-state index in [1.807, 2.05) is 147 Å². The second kappa shape index (κ2) is 31.1. The van der Waals surface area contributed by atoms with Crippen LogP contribution in [0, 0.1) is 0 Å². The minimum Gasteiger partial charge on any atom is -0.497 e. The van der Waals surface area contributed by atoms with Crippen molar-refractivity contribution in [2.45, 2.75) is 91.3 Å². The van der Waals surface area contributed by atoms with Gasteiger partial charge in [-0.2, -0.15) is 0 Å². The van der Waals surface area contributed by atoms with Gasteiger partial charge < -0.3 is 44.1 Å². The number of carbonyl (C=O) groups excluding carboxylic acids is 4. The average molecular weight is 975 g/mol. The van der Waals surface area contributed by atoms with E-state index >= 15 is 0 Å². The maximum atomic E-state index is 11.5. The number of methoxy groups -OCH3 is 2. The summed E-state index contributed by atoms with van der Waals surface area (Å²) in [5.41, 5.74) is 4.50. The summed E-state index contributed by atoms with van der Waals surface area (Å²) in [6, 6.07) is 50.3. The Morgan fingerprint density at radius 2 is 0.718 bits per heavy atom. The molecule has 0 aliphatic heterocycles. The second-order valence-corrected chi connectivity index (χ2v) is 17.0. The molecule has 6 rings (SSSR count). The fourth-order valence-electron chi connectivity index (χ4n) is 6.62. The van der Waals surface area contributed by atoms with Crippen LogP contribution < -0.4 is 18.9 Å². The van der Waals surface area contributed by atoms with Gasteiger partial charge >= 0.3 is 23.9 Å². The highest BCUT2D eigenvalue weighted by atomic mass is 16.5. The van der Waals surface area contributed by atoms with Crippen molar-refractivity contribution in [2.75, 3.05) is 27.4 Å². The number of aliphatic hydroxyl groups excluding tert-OH is 4. The molecule has 380 valence electrons. The zero-order chi connectivity index (χ0) is 53.0. The van der Waals surface area contributed by atoms with Crippen LogP contribution in [-0.2, 0) is 47.6 Å². The first kappa shape index (κ1) is 60.0. The molecule has 0 spiro atoms. The molecule has 0 fully saturated rings. The van der Waals surface area contributed by atoms with E-state index in [9.17, 15) is 39.6 Å². The summed E-state index contributed by atoms with van der Waals surface area (Å²) in [5, 5.41) is 38.4. The Morgan fingerprint density at radius 1 is 0.437 bits per heavy atom. The first-order valence-electron chi connectivity index (χ1n) is 22.9. The lowest BCUT2D eigenvalue weighted by molar-refractivity contribution is -0.138. The molecule has 0 amide bonds. The van der Waals surface area contributed by atoms with Crippen LogP contribution in [0.1, 0.15) is 88.8 Å². The number of hydrogen-bond donors (Lipinski definition) is 4. The Labute approximate surface area is 418 Å². The number of ether oxygens (including phenoxy) is 5. The standard InChI is InChI=1S/C25H32O8.C18H20O3.2C6H6.C3H6O2/c1-15(28)32-23-7-5-19(9-17(23)11-21(30)13-26)25(3,4)20-6-8-24(33-16(2)29)18(10-20)12-22(31)14-27;1-13(19)21-17-11-7-15(8-12-17)18(2,3)14-5-9-16(20-4)10-6-14;2*1-2-4-6-5-3-1;1-3(4)5-2/h5-10,21-22,26-27,30-31H,11-14H2,1-4H3;5-12H,1-4H3;2*1-6H;1-2H3. The summed E-state index contributed by atoms with van der Waals surface area (Å²) in [6.07, 6.45) is -1.82. The highest BCUT2D eigenvalue weighted by Gasteiger charge is 2.27. The molecule has 0 saturated carbocycles. The smallest absolute Gasteiger partial charge is 0.308 e. The van der Waals surface area contributed by atoms with Crippen molar-refractivity contribution in [3.63, 3.8) is 0 Å². The largest absolute Gasteiger partial charge is 0.497 e. The lowest BCUT2D eigenvalue weighted by Gasteiger charge is -2.28. The molecule has 0 heterocycles. The maximum Gasteiger partial charge on any atom is 0.308 e. The zero-order valence-electron chi connectivity index (χ0n) is 42.5. The van der Waals surface area contributed by atoms with Crippen molar-refractivity contribution in [1.82, 2.24) is 0 Å². The molecule has 0 saturated heterocycles. The quantitative estimate of drug-likeness (QED) is 0.0597. The minimum absolute atomic E-state index is 0.0996. The van der Waals surface area contributed by atoms with E-state index in [1.165, 1.54) is 40.4 Å². The molecule has 2 unspecified atom stereocenters. The summed E-state index contributed by atoms with van der Waals surface area (Å²) in [5.74, 6) is 0.501. The Balaban J connectivity index is 0.000000379. The normalized spacial score (nSPS) is 11.3. The Bertz CT molecular complexity index is 2320. The molecule has 4 N–H and O–H groups in total. The molecule has 0 aromatic heterocycles. The Hall–Kier alpha value is -7.16. The van der Waals surface area contributed by atoms with Crippen molar-refractivity contribution >= 4 is 23.9 Å². The number of carbonyl (C=O) groups is 4. The molecule has 13 heteroatoms. The van der Waals surface area contributed by atoms with Crippen LogP contribution in [0.25, 0.3) is 0 Å². The molecule has 6 aromatic rings. The Kier molecular flexibility index (Phi) is 26.3. The van der Waals surface area contributed by atoms with Crippen molar-refractivity contribution in [3.05, 3.63) is 191 Å². The van der Waals surface area contributed by atoms with Crippen molar-refractivity contribution in [2.24, 2.45) is 0 Å². The van der Waals surface area contributed by atoms with Gasteiger partial charge in [-0.25, -0.2) is 0 Å². The predicted octanol–water partition coefficient (Wildman–Crippen LogP) is 9.15. The summed E-state index contributed by atoms with van der Waals surface area (Å²) in [4.78, 5) is 43.5. The van der Waals surface area contributed by atoms with Gasteiger partial charge in [0.15, 0.2) is 0 Å². The summed E-state index contributed by atoms with van der Waals surface area (Å²) < 4.78 is 24.9. The van der Waals surface area contributed by atoms with Gasteiger partial charge in [-0.1, -0.05) is 149 Å². The third-order valence-corrected chi connectivity index (χ3v) is 10.7. The molecule has 13 nitrogen and oxygen atoms in total. The lowest BCUT2D eigenvalue weighted by atomic mass is 9.76. The van der Waals surface area contributed by atoms with E-state index in [4.69, 9.17) is 18.9 Å².